The summed E-state index contributed by atoms with van der Waals surface area (Å²) in [7, 11) is 0. The van der Waals surface area contributed by atoms with Crippen molar-refractivity contribution in [3.8, 4) is 34.5 Å². The van der Waals surface area contributed by atoms with Gasteiger partial charge in [0, 0.05) is 10.6 Å². The van der Waals surface area contributed by atoms with Crippen LogP contribution in [0, 0.1) is 0 Å². The van der Waals surface area contributed by atoms with E-state index in [1.54, 1.807) is 29.0 Å². The van der Waals surface area contributed by atoms with Crippen LogP contribution in [0.25, 0.3) is 28.0 Å². The first-order valence-electron chi connectivity index (χ1n) is 11.8. The maximum atomic E-state index is 13.5. The summed E-state index contributed by atoms with van der Waals surface area (Å²) in [6, 6.07) is 20.1. The maximum absolute atomic E-state index is 13.5. The third-order valence-electron chi connectivity index (χ3n) is 6.77. The van der Waals surface area contributed by atoms with Gasteiger partial charge in [0.25, 0.3) is 0 Å². The van der Waals surface area contributed by atoms with E-state index >= 15 is 0 Å². The van der Waals surface area contributed by atoms with Crippen LogP contribution in [0.5, 0.6) is 23.1 Å². The highest BCUT2D eigenvalue weighted by Crippen LogP contribution is 2.49. The Hall–Kier alpha value is -4.89. The Kier molecular flexibility index (Phi) is 4.36. The largest absolute Gasteiger partial charge is 0.454 e. The number of rotatable bonds is 2. The Labute approximate surface area is 218 Å². The van der Waals surface area contributed by atoms with Gasteiger partial charge in [0.1, 0.15) is 11.9 Å². The first-order valence-corrected chi connectivity index (χ1v) is 12.2. The van der Waals surface area contributed by atoms with Gasteiger partial charge in [0.2, 0.25) is 12.7 Å². The second kappa shape index (κ2) is 7.80. The lowest BCUT2D eigenvalue weighted by Gasteiger charge is -2.27. The average molecular weight is 523 g/mol. The van der Waals surface area contributed by atoms with Crippen LogP contribution in [-0.4, -0.2) is 26.4 Å². The minimum atomic E-state index is -0.613. The number of hydrogen-bond acceptors (Lipinski definition) is 8. The molecule has 2 aliphatic heterocycles. The quantitative estimate of drug-likeness (QED) is 0.272. The summed E-state index contributed by atoms with van der Waals surface area (Å²) in [5, 5.41) is 5.86. The number of para-hydroxylation sites is 1. The fraction of sp³-hybridized carbons (Fsp3) is 0.0714. The second-order valence-corrected chi connectivity index (χ2v) is 9.39. The van der Waals surface area contributed by atoms with E-state index in [1.165, 1.54) is 0 Å². The molecule has 1 atom stereocenters. The topological polar surface area (TPSA) is 101 Å². The highest BCUT2D eigenvalue weighted by Gasteiger charge is 2.37. The Morgan fingerprint density at radius 2 is 1.84 bits per heavy atom. The molecule has 6 aromatic rings. The molecule has 0 fully saturated rings. The monoisotopic (exact) mass is 522 g/mol. The lowest BCUT2D eigenvalue weighted by atomic mass is 9.84. The van der Waals surface area contributed by atoms with Gasteiger partial charge in [-0.1, -0.05) is 35.9 Å². The minimum Gasteiger partial charge on any atom is -0.454 e. The van der Waals surface area contributed by atoms with Crippen molar-refractivity contribution in [1.82, 2.24) is 19.6 Å². The molecule has 0 aliphatic carbocycles. The van der Waals surface area contributed by atoms with Gasteiger partial charge in [0.15, 0.2) is 28.7 Å². The van der Waals surface area contributed by atoms with Crippen molar-refractivity contribution in [1.29, 1.82) is 0 Å². The van der Waals surface area contributed by atoms with Gasteiger partial charge < -0.3 is 18.6 Å². The van der Waals surface area contributed by atoms with Gasteiger partial charge in [-0.15, -0.1) is 5.10 Å². The predicted molar refractivity (Wildman–Crippen MR) is 137 cm³/mol. The van der Waals surface area contributed by atoms with Crippen LogP contribution in [0.1, 0.15) is 22.6 Å². The summed E-state index contributed by atoms with van der Waals surface area (Å²) < 4.78 is 24.6. The third-order valence-corrected chi connectivity index (χ3v) is 7.01. The van der Waals surface area contributed by atoms with Gasteiger partial charge in [-0.2, -0.15) is 0 Å². The first kappa shape index (κ1) is 21.2. The van der Waals surface area contributed by atoms with Crippen molar-refractivity contribution in [3.63, 3.8) is 0 Å². The molecule has 38 heavy (non-hydrogen) atoms. The number of benzene rings is 3. The first-order chi connectivity index (χ1) is 18.6. The summed E-state index contributed by atoms with van der Waals surface area (Å²) in [6.07, 6.45) is 1.55. The summed E-state index contributed by atoms with van der Waals surface area (Å²) in [4.78, 5) is 22.9. The molecular weight excluding hydrogens is 508 g/mol. The van der Waals surface area contributed by atoms with Crippen LogP contribution >= 0.6 is 11.6 Å². The zero-order chi connectivity index (χ0) is 25.4. The van der Waals surface area contributed by atoms with E-state index in [0.717, 1.165) is 11.1 Å². The molecule has 8 rings (SSSR count). The van der Waals surface area contributed by atoms with E-state index in [1.807, 2.05) is 48.5 Å². The van der Waals surface area contributed by atoms with E-state index < -0.39 is 11.5 Å². The maximum Gasteiger partial charge on any atom is 0.344 e. The Morgan fingerprint density at radius 1 is 0.947 bits per heavy atom. The number of hydrogen-bond donors (Lipinski definition) is 0. The third kappa shape index (κ3) is 3.05. The number of halogens is 1. The standard InChI is InChI=1S/C28H15ClN4O5/c29-16-5-3-4-14(10-16)21-22-24(17-6-1-2-7-18(17)37-28(22)34)38-27-23(21)26-31-25(32-33(26)12-30-27)15-8-9-19-20(11-15)36-13-35-19/h1-12,21H,13H2. The fourth-order valence-corrected chi connectivity index (χ4v) is 5.31. The Balaban J connectivity index is 1.40. The van der Waals surface area contributed by atoms with Gasteiger partial charge in [0.05, 0.1) is 22.4 Å². The summed E-state index contributed by atoms with van der Waals surface area (Å²) in [5.41, 5.74) is 2.86. The molecular formula is C28H15ClN4O5. The minimum absolute atomic E-state index is 0.171. The Bertz CT molecular complexity index is 2000. The predicted octanol–water partition coefficient (Wildman–Crippen LogP) is 5.57. The zero-order valence-electron chi connectivity index (χ0n) is 19.4. The Morgan fingerprint density at radius 3 is 2.76 bits per heavy atom. The molecule has 3 aromatic carbocycles. The normalized spacial score (nSPS) is 15.3. The van der Waals surface area contributed by atoms with Crippen LogP contribution in [0.3, 0.4) is 0 Å². The van der Waals surface area contributed by atoms with Crippen molar-refractivity contribution in [3.05, 3.63) is 105 Å². The molecule has 0 radical (unpaired) electrons. The summed E-state index contributed by atoms with van der Waals surface area (Å²) in [5.74, 6) is 1.87. The van der Waals surface area contributed by atoms with Crippen LogP contribution in [0.15, 0.2) is 82.3 Å². The molecule has 184 valence electrons. The highest BCUT2D eigenvalue weighted by atomic mass is 35.5. The average Bonchev–Trinajstić information content (AvgIpc) is 3.59. The summed E-state index contributed by atoms with van der Waals surface area (Å²) >= 11 is 6.40. The lowest BCUT2D eigenvalue weighted by molar-refractivity contribution is 0.174. The molecule has 0 amide bonds. The molecule has 0 saturated heterocycles. The fourth-order valence-electron chi connectivity index (χ4n) is 5.11. The van der Waals surface area contributed by atoms with Gasteiger partial charge >= 0.3 is 5.63 Å². The molecule has 0 spiro atoms. The van der Waals surface area contributed by atoms with Crippen molar-refractivity contribution in [2.24, 2.45) is 0 Å². The number of ether oxygens (including phenoxy) is 3. The second-order valence-electron chi connectivity index (χ2n) is 8.95. The molecule has 3 aromatic heterocycles. The van der Waals surface area contributed by atoms with Crippen LogP contribution in [0.4, 0.5) is 0 Å². The van der Waals surface area contributed by atoms with Crippen LogP contribution in [0.2, 0.25) is 5.02 Å². The highest BCUT2D eigenvalue weighted by molar-refractivity contribution is 6.30. The number of aromatic nitrogens is 4. The SMILES string of the molecule is O=c1oc2ccccc2c2c1C(c1cccc(Cl)c1)c1c(ncn3nc(-c4ccc5c(c4)OCO5)nc13)O2. The lowest BCUT2D eigenvalue weighted by Crippen LogP contribution is -2.22. The zero-order valence-corrected chi connectivity index (χ0v) is 20.2. The number of fused-ring (bicyclic) bond motifs is 7. The molecule has 1 unspecified atom stereocenters. The molecule has 5 heterocycles. The van der Waals surface area contributed by atoms with Crippen molar-refractivity contribution >= 4 is 28.2 Å². The van der Waals surface area contributed by atoms with E-state index in [4.69, 9.17) is 35.2 Å². The van der Waals surface area contributed by atoms with Crippen molar-refractivity contribution < 1.29 is 18.6 Å². The van der Waals surface area contributed by atoms with E-state index in [9.17, 15) is 4.79 Å². The molecule has 10 heteroatoms. The van der Waals surface area contributed by atoms with Crippen molar-refractivity contribution in [2.45, 2.75) is 5.92 Å². The summed E-state index contributed by atoms with van der Waals surface area (Å²) in [6.45, 7) is 0.171. The van der Waals surface area contributed by atoms with Crippen LogP contribution < -0.4 is 19.8 Å². The van der Waals surface area contributed by atoms with Crippen LogP contribution in [-0.2, 0) is 0 Å². The van der Waals surface area contributed by atoms with Crippen molar-refractivity contribution in [2.75, 3.05) is 6.79 Å². The van der Waals surface area contributed by atoms with Gasteiger partial charge in [-0.25, -0.2) is 19.3 Å². The number of nitrogens with zero attached hydrogens (tertiary/aromatic N) is 4. The van der Waals surface area contributed by atoms with Gasteiger partial charge in [-0.05, 0) is 48.0 Å². The molecule has 0 saturated carbocycles. The molecule has 0 N–H and O–H groups in total. The van der Waals surface area contributed by atoms with Gasteiger partial charge in [-0.3, -0.25) is 0 Å². The van der Waals surface area contributed by atoms with E-state index in [2.05, 4.69) is 10.1 Å². The molecule has 0 bridgehead atoms. The molecule has 2 aliphatic rings. The molecule has 9 nitrogen and oxygen atoms in total. The smallest absolute Gasteiger partial charge is 0.344 e. The van der Waals surface area contributed by atoms with E-state index in [-0.39, 0.29) is 6.79 Å². The van der Waals surface area contributed by atoms with E-state index in [0.29, 0.717) is 61.7 Å².